The van der Waals surface area contributed by atoms with Gasteiger partial charge in [0.25, 0.3) is 11.5 Å². The Morgan fingerprint density at radius 3 is 1.03 bits per heavy atom. The number of aliphatic carboxylic acids is 8. The molecule has 0 aliphatic heterocycles. The van der Waals surface area contributed by atoms with Crippen molar-refractivity contribution in [1.82, 2.24) is 57.2 Å². The molecule has 7 amide bonds. The third-order valence-corrected chi connectivity index (χ3v) is 12.1. The summed E-state index contributed by atoms with van der Waals surface area (Å²) >= 11 is 0. The summed E-state index contributed by atoms with van der Waals surface area (Å²) in [7, 11) is 0. The number of fused-ring (bicyclic) bond motifs is 1. The highest BCUT2D eigenvalue weighted by molar-refractivity contribution is 5.97. The number of H-pyrrole nitrogens is 1. The third-order valence-electron chi connectivity index (χ3n) is 12.1. The highest BCUT2D eigenvalue weighted by Crippen LogP contribution is 2.14. The van der Waals surface area contributed by atoms with Crippen molar-refractivity contribution in [3.8, 4) is 0 Å². The number of nitrogens with two attached hydrogens (primary N) is 1. The summed E-state index contributed by atoms with van der Waals surface area (Å²) in [6.07, 6.45) is -7.59. The molecule has 3 aromatic rings. The van der Waals surface area contributed by atoms with E-state index in [4.69, 9.17) is 10.8 Å². The second kappa shape index (κ2) is 33.9. The minimum Gasteiger partial charge on any atom is -0.481 e. The van der Waals surface area contributed by atoms with Gasteiger partial charge in [-0.2, -0.15) is 4.98 Å². The number of aromatic nitrogens is 4. The van der Waals surface area contributed by atoms with E-state index in [-0.39, 0.29) is 29.2 Å². The van der Waals surface area contributed by atoms with Crippen LogP contribution in [0.4, 0.5) is 11.6 Å². The first-order valence-electron chi connectivity index (χ1n) is 25.7. The van der Waals surface area contributed by atoms with Crippen LogP contribution < -0.4 is 53.8 Å². The zero-order chi connectivity index (χ0) is 64.4. The van der Waals surface area contributed by atoms with Gasteiger partial charge in [0.15, 0.2) is 11.2 Å². The van der Waals surface area contributed by atoms with E-state index in [1.165, 1.54) is 30.5 Å². The number of nitrogen functional groups attached to an aromatic ring is 1. The number of aromatic amines is 1. The smallest absolute Gasteiger partial charge is 0.326 e. The van der Waals surface area contributed by atoms with Crippen LogP contribution in [0.15, 0.2) is 35.3 Å². The standard InChI is InChI=1S/C49H61N13O24/c50-49-61-39-38(41(72)62-49)53-23(20-52-39)19-51-22-3-1-21(2-4-22)40(71)60-30(48(85)86)10-17-36(68)58-28(46(81)82)8-15-34(66)56-26(44(77)78)6-13-32(64)54-24(42(73)74)5-12-31(63)55-25(43(75)76)7-14-33(65)57-27(45(79)80)9-16-35(67)59-29(47(83)84)11-18-37(69)70/h1-4,20,24-30,51H,5-19H2,(H,54,64)(H,55,63)(H,56,66)(H,57,65)(H,58,68)(H,59,67)(H,60,71)(H,69,70)(H,73,74)(H,75,76)(H,77,78)(H,79,80)(H,81,82)(H,83,84)(H,85,86)(H3,50,52,61,62,72)/t24-,25-,26-,27-,28-,29-,30-/m0/s1. The first kappa shape index (κ1) is 69.4. The van der Waals surface area contributed by atoms with Gasteiger partial charge in [0.05, 0.1) is 18.4 Å². The Labute approximate surface area is 482 Å². The monoisotopic (exact) mass is 1220 g/mol. The van der Waals surface area contributed by atoms with Crippen LogP contribution in [0.5, 0.6) is 0 Å². The van der Waals surface area contributed by atoms with E-state index in [9.17, 15) is 112 Å². The van der Waals surface area contributed by atoms with Gasteiger partial charge in [-0.15, -0.1) is 0 Å². The van der Waals surface area contributed by atoms with Crippen molar-refractivity contribution >= 4 is 112 Å². The van der Waals surface area contributed by atoms with Crippen molar-refractivity contribution in [3.05, 3.63) is 52.1 Å². The van der Waals surface area contributed by atoms with Crippen molar-refractivity contribution in [3.63, 3.8) is 0 Å². The van der Waals surface area contributed by atoms with Crippen LogP contribution in [0.1, 0.15) is 106 Å². The molecule has 37 heteroatoms. The highest BCUT2D eigenvalue weighted by Gasteiger charge is 2.30. The zero-order valence-electron chi connectivity index (χ0n) is 45.1. The Morgan fingerprint density at radius 1 is 0.430 bits per heavy atom. The fourth-order valence-electron chi connectivity index (χ4n) is 7.55. The average Bonchev–Trinajstić information content (AvgIpc) is 1.64. The SMILES string of the molecule is Nc1nc2ncc(CNc3ccc(C(=O)N[C@@H](CCC(=O)N[C@@H](CCC(=O)N[C@@H](CCC(=O)N[C@@H](CCC(=O)N[C@@H](CCC(=O)N[C@@H](CCC(=O)N[C@@H](CCC(=O)O)C(=O)O)C(=O)O)C(=O)O)C(=O)O)C(=O)O)C(=O)O)C(=O)O)cc3)nc2c(=O)[nH]1. The molecule has 2 aromatic heterocycles. The molecule has 466 valence electrons. The fourth-order valence-corrected chi connectivity index (χ4v) is 7.55. The van der Waals surface area contributed by atoms with E-state index in [1.54, 1.807) is 0 Å². The Morgan fingerprint density at radius 2 is 0.733 bits per heavy atom. The maximum Gasteiger partial charge on any atom is 0.326 e. The second-order valence-electron chi connectivity index (χ2n) is 18.7. The molecule has 2 heterocycles. The molecule has 0 aliphatic carbocycles. The van der Waals surface area contributed by atoms with Crippen LogP contribution in [0.2, 0.25) is 0 Å². The van der Waals surface area contributed by atoms with Crippen LogP contribution in [-0.2, 0) is 73.7 Å². The Kier molecular flexibility index (Phi) is 27.3. The molecule has 19 N–H and O–H groups in total. The zero-order valence-corrected chi connectivity index (χ0v) is 45.1. The number of anilines is 2. The Balaban J connectivity index is 1.42. The van der Waals surface area contributed by atoms with Crippen molar-refractivity contribution < 1.29 is 113 Å². The number of carbonyl (C=O) groups excluding carboxylic acids is 7. The van der Waals surface area contributed by atoms with Gasteiger partial charge in [-0.3, -0.25) is 48.1 Å². The summed E-state index contributed by atoms with van der Waals surface area (Å²) in [6, 6.07) is -6.48. The van der Waals surface area contributed by atoms with Gasteiger partial charge in [0, 0.05) is 56.2 Å². The van der Waals surface area contributed by atoms with Crippen LogP contribution in [-0.4, -0.2) is 192 Å². The molecule has 86 heavy (non-hydrogen) atoms. The molecule has 0 unspecified atom stereocenters. The van der Waals surface area contributed by atoms with E-state index in [1.807, 2.05) is 21.3 Å². The van der Waals surface area contributed by atoms with Gasteiger partial charge in [-0.1, -0.05) is 0 Å². The number of benzene rings is 1. The maximum atomic E-state index is 12.9. The van der Waals surface area contributed by atoms with Crippen molar-refractivity contribution in [2.24, 2.45) is 0 Å². The van der Waals surface area contributed by atoms with E-state index in [0.29, 0.717) is 11.4 Å². The third kappa shape index (κ3) is 24.7. The highest BCUT2D eigenvalue weighted by atomic mass is 16.4. The van der Waals surface area contributed by atoms with E-state index in [0.717, 1.165) is 0 Å². The molecule has 0 aliphatic rings. The van der Waals surface area contributed by atoms with Crippen LogP contribution in [0.25, 0.3) is 11.2 Å². The molecule has 7 atom stereocenters. The van der Waals surface area contributed by atoms with E-state index in [2.05, 4.69) is 41.2 Å². The summed E-state index contributed by atoms with van der Waals surface area (Å²) < 4.78 is 0. The van der Waals surface area contributed by atoms with Gasteiger partial charge < -0.3 is 89.1 Å². The van der Waals surface area contributed by atoms with Crippen molar-refractivity contribution in [1.29, 1.82) is 0 Å². The number of amides is 7. The Bertz CT molecular complexity index is 3120. The summed E-state index contributed by atoms with van der Waals surface area (Å²) in [6.45, 7) is 0.0930. The largest absolute Gasteiger partial charge is 0.481 e. The summed E-state index contributed by atoms with van der Waals surface area (Å²) in [5, 5.41) is 93.5. The molecule has 0 saturated carbocycles. The lowest BCUT2D eigenvalue weighted by molar-refractivity contribution is -0.144. The summed E-state index contributed by atoms with van der Waals surface area (Å²) in [5.74, 6) is -20.0. The molecule has 0 fully saturated rings. The number of nitrogens with zero attached hydrogens (tertiary/aromatic N) is 3. The first-order valence-corrected chi connectivity index (χ1v) is 25.7. The fraction of sp³-hybridized carbons (Fsp3) is 0.449. The van der Waals surface area contributed by atoms with Gasteiger partial charge >= 0.3 is 47.8 Å². The first-order chi connectivity index (χ1) is 40.4. The molecule has 37 nitrogen and oxygen atoms in total. The molecular formula is C49H61N13O24. The minimum absolute atomic E-state index is 0.0166. The number of carboxylic acids is 8. The molecule has 1 aromatic carbocycles. The summed E-state index contributed by atoms with van der Waals surface area (Å²) in [5.41, 5.74) is 5.79. The van der Waals surface area contributed by atoms with E-state index < -0.39 is 227 Å². The number of carboxylic acid groups (broad SMARTS) is 8. The molecular weight excluding hydrogens is 1150 g/mol. The number of rotatable bonds is 39. The average molecular weight is 1220 g/mol. The predicted molar refractivity (Wildman–Crippen MR) is 285 cm³/mol. The second-order valence-corrected chi connectivity index (χ2v) is 18.7. The van der Waals surface area contributed by atoms with Crippen LogP contribution in [0.3, 0.4) is 0 Å². The lowest BCUT2D eigenvalue weighted by Crippen LogP contribution is -2.46. The number of nitrogens with one attached hydrogen (secondary N) is 9. The molecule has 0 bridgehead atoms. The van der Waals surface area contributed by atoms with Gasteiger partial charge in [-0.05, 0) is 69.2 Å². The number of hydrogen-bond donors (Lipinski definition) is 18. The van der Waals surface area contributed by atoms with Crippen molar-refractivity contribution in [2.75, 3.05) is 11.1 Å². The maximum absolute atomic E-state index is 12.9. The van der Waals surface area contributed by atoms with Crippen molar-refractivity contribution in [2.45, 2.75) is 139 Å². The number of carbonyl (C=O) groups is 15. The van der Waals surface area contributed by atoms with Crippen LogP contribution >= 0.6 is 0 Å². The normalized spacial score (nSPS) is 13.3. The molecule has 3 rings (SSSR count). The lowest BCUT2D eigenvalue weighted by Gasteiger charge is -2.19. The topological polar surface area (TPSA) is 612 Å². The van der Waals surface area contributed by atoms with Gasteiger partial charge in [0.2, 0.25) is 41.4 Å². The summed E-state index contributed by atoms with van der Waals surface area (Å²) in [4.78, 5) is 209. The molecule has 0 radical (unpaired) electrons. The quantitative estimate of drug-likeness (QED) is 0.0259. The number of hydrogen-bond acceptors (Lipinski definition) is 21. The van der Waals surface area contributed by atoms with E-state index >= 15 is 0 Å². The lowest BCUT2D eigenvalue weighted by atomic mass is 10.1. The van der Waals surface area contributed by atoms with Gasteiger partial charge in [-0.25, -0.2) is 43.5 Å². The minimum atomic E-state index is -1.82. The van der Waals surface area contributed by atoms with Gasteiger partial charge in [0.1, 0.15) is 42.3 Å². The predicted octanol–water partition coefficient (Wildman–Crippen LogP) is -3.95. The Hall–Kier alpha value is -10.9. The molecule has 0 spiro atoms. The van der Waals surface area contributed by atoms with Crippen LogP contribution in [0, 0.1) is 0 Å². The molecule has 0 saturated heterocycles.